The molecule has 0 unspecified atom stereocenters. The van der Waals surface area contributed by atoms with Crippen LogP contribution in [-0.2, 0) is 19.1 Å². The monoisotopic (exact) mass is 235 g/mol. The van der Waals surface area contributed by atoms with E-state index in [1.165, 1.54) is 0 Å². The van der Waals surface area contributed by atoms with Crippen LogP contribution in [-0.4, -0.2) is 37.6 Å². The molecule has 0 rings (SSSR count). The van der Waals surface area contributed by atoms with Gasteiger partial charge in [-0.15, -0.1) is 0 Å². The Hall–Kier alpha value is -0.750. The smallest absolute Gasteiger partial charge is 0.332 e. The van der Waals surface area contributed by atoms with Crippen molar-refractivity contribution in [1.82, 2.24) is 5.32 Å². The van der Waals surface area contributed by atoms with E-state index in [0.717, 1.165) is 0 Å². The molecular weight excluding hydrogens is 218 g/mol. The van der Waals surface area contributed by atoms with Gasteiger partial charge < -0.3 is 14.8 Å². The van der Waals surface area contributed by atoms with Crippen molar-refractivity contribution in [3.63, 3.8) is 0 Å². The van der Waals surface area contributed by atoms with E-state index in [-0.39, 0.29) is 25.0 Å². The fourth-order valence-corrected chi connectivity index (χ4v) is 0.844. The molecule has 0 aliphatic rings. The highest BCUT2D eigenvalue weighted by molar-refractivity contribution is 7.80. The lowest BCUT2D eigenvalue weighted by molar-refractivity contribution is -0.150. The Labute approximate surface area is 94.9 Å². The topological polar surface area (TPSA) is 64.6 Å². The molecule has 0 spiro atoms. The number of esters is 1. The fourth-order valence-electron chi connectivity index (χ4n) is 0.668. The van der Waals surface area contributed by atoms with Gasteiger partial charge in [-0.2, -0.15) is 12.6 Å². The van der Waals surface area contributed by atoms with Gasteiger partial charge in [-0.1, -0.05) is 13.8 Å². The molecule has 0 aromatic carbocycles. The molecule has 88 valence electrons. The van der Waals surface area contributed by atoms with Crippen LogP contribution in [0, 0.1) is 5.92 Å². The van der Waals surface area contributed by atoms with Gasteiger partial charge in [0.05, 0.1) is 12.5 Å². The number of carbonyl (C=O) groups excluding carboxylic acids is 2. The lowest BCUT2D eigenvalue weighted by Crippen LogP contribution is -2.28. The van der Waals surface area contributed by atoms with Crippen molar-refractivity contribution in [3.05, 3.63) is 0 Å². The maximum absolute atomic E-state index is 11.0. The summed E-state index contributed by atoms with van der Waals surface area (Å²) >= 11 is 3.80. The van der Waals surface area contributed by atoms with Crippen molar-refractivity contribution in [2.75, 3.05) is 25.7 Å². The quantitative estimate of drug-likeness (QED) is 0.376. The van der Waals surface area contributed by atoms with Gasteiger partial charge in [-0.3, -0.25) is 4.79 Å². The molecule has 0 radical (unpaired) electrons. The summed E-state index contributed by atoms with van der Waals surface area (Å²) in [5.74, 6) is -0.217. The van der Waals surface area contributed by atoms with Gasteiger partial charge >= 0.3 is 5.97 Å². The van der Waals surface area contributed by atoms with Crippen LogP contribution in [0.5, 0.6) is 0 Å². The third-order valence-corrected chi connectivity index (χ3v) is 1.47. The molecule has 0 bridgehead atoms. The van der Waals surface area contributed by atoms with E-state index in [0.29, 0.717) is 12.5 Å². The molecule has 0 aromatic heterocycles. The first-order valence-corrected chi connectivity index (χ1v) is 5.30. The molecule has 1 amide bonds. The van der Waals surface area contributed by atoms with Crippen LogP contribution in [0.3, 0.4) is 0 Å². The van der Waals surface area contributed by atoms with E-state index >= 15 is 0 Å². The molecule has 0 saturated carbocycles. The van der Waals surface area contributed by atoms with Crippen LogP contribution < -0.4 is 5.32 Å². The van der Waals surface area contributed by atoms with Crippen molar-refractivity contribution >= 4 is 24.5 Å². The van der Waals surface area contributed by atoms with Crippen molar-refractivity contribution < 1.29 is 19.1 Å². The molecule has 0 atom stereocenters. The lowest BCUT2D eigenvalue weighted by atomic mass is 10.2. The molecule has 0 heterocycles. The minimum atomic E-state index is -0.456. The zero-order chi connectivity index (χ0) is 11.7. The van der Waals surface area contributed by atoms with Gasteiger partial charge in [0.2, 0.25) is 5.91 Å². The highest BCUT2D eigenvalue weighted by Crippen LogP contribution is 1.93. The third kappa shape index (κ3) is 9.55. The van der Waals surface area contributed by atoms with Gasteiger partial charge in [-0.05, 0) is 5.92 Å². The first kappa shape index (κ1) is 14.2. The molecule has 6 heteroatoms. The lowest BCUT2D eigenvalue weighted by Gasteiger charge is -2.07. The maximum Gasteiger partial charge on any atom is 0.332 e. The number of nitrogens with one attached hydrogen (secondary N) is 1. The summed E-state index contributed by atoms with van der Waals surface area (Å²) < 4.78 is 9.66. The molecule has 15 heavy (non-hydrogen) atoms. The number of hydrogen-bond donors (Lipinski definition) is 2. The fraction of sp³-hybridized carbons (Fsp3) is 0.778. The largest absolute Gasteiger partial charge is 0.464 e. The van der Waals surface area contributed by atoms with Crippen molar-refractivity contribution in [2.45, 2.75) is 13.8 Å². The Morgan fingerprint density at radius 1 is 1.33 bits per heavy atom. The second-order valence-corrected chi connectivity index (χ2v) is 3.64. The SMILES string of the molecule is CC(C)COC(=O)COCC(=O)NCS. The Bertz CT molecular complexity index is 208. The summed E-state index contributed by atoms with van der Waals surface area (Å²) in [6.45, 7) is 3.89. The first-order valence-electron chi connectivity index (χ1n) is 4.67. The molecule has 0 aliphatic heterocycles. The van der Waals surface area contributed by atoms with Crippen LogP contribution in [0.15, 0.2) is 0 Å². The second-order valence-electron chi connectivity index (χ2n) is 3.33. The van der Waals surface area contributed by atoms with Crippen LogP contribution in [0.4, 0.5) is 0 Å². The van der Waals surface area contributed by atoms with E-state index in [2.05, 4.69) is 17.9 Å². The second kappa shape index (κ2) is 8.55. The zero-order valence-corrected chi connectivity index (χ0v) is 9.88. The van der Waals surface area contributed by atoms with Gasteiger partial charge in [-0.25, -0.2) is 4.79 Å². The highest BCUT2D eigenvalue weighted by atomic mass is 32.1. The van der Waals surface area contributed by atoms with Crippen molar-refractivity contribution in [3.8, 4) is 0 Å². The minimum absolute atomic E-state index is 0.155. The zero-order valence-electron chi connectivity index (χ0n) is 8.99. The molecule has 0 aromatic rings. The van der Waals surface area contributed by atoms with Crippen molar-refractivity contribution in [2.24, 2.45) is 5.92 Å². The van der Waals surface area contributed by atoms with Crippen molar-refractivity contribution in [1.29, 1.82) is 0 Å². The normalized spacial score (nSPS) is 10.1. The molecule has 0 fully saturated rings. The van der Waals surface area contributed by atoms with E-state index in [1.54, 1.807) is 0 Å². The van der Waals surface area contributed by atoms with Crippen LogP contribution >= 0.6 is 12.6 Å². The summed E-state index contributed by atoms with van der Waals surface area (Å²) in [5, 5.41) is 2.42. The highest BCUT2D eigenvalue weighted by Gasteiger charge is 2.06. The van der Waals surface area contributed by atoms with Crippen LogP contribution in [0.2, 0.25) is 0 Å². The Morgan fingerprint density at radius 3 is 2.53 bits per heavy atom. The van der Waals surface area contributed by atoms with E-state index in [4.69, 9.17) is 9.47 Å². The Kier molecular flexibility index (Phi) is 8.12. The number of thiol groups is 1. The average Bonchev–Trinajstić information content (AvgIpc) is 2.15. The summed E-state index contributed by atoms with van der Waals surface area (Å²) in [6.07, 6.45) is 0. The van der Waals surface area contributed by atoms with Gasteiger partial charge in [0.15, 0.2) is 0 Å². The first-order chi connectivity index (χ1) is 7.06. The number of rotatable bonds is 7. The summed E-state index contributed by atoms with van der Waals surface area (Å²) in [7, 11) is 0. The predicted molar refractivity (Wildman–Crippen MR) is 58.6 cm³/mol. The predicted octanol–water partition coefficient (Wildman–Crippen LogP) is 0.206. The standard InChI is InChI=1S/C9H17NO4S/c1-7(2)3-14-9(12)5-13-4-8(11)10-6-15/h7,15H,3-6H2,1-2H3,(H,10,11). The number of amides is 1. The summed E-state index contributed by atoms with van der Waals surface area (Å²) in [6, 6.07) is 0. The number of ether oxygens (including phenoxy) is 2. The summed E-state index contributed by atoms with van der Waals surface area (Å²) in [4.78, 5) is 21.8. The maximum atomic E-state index is 11.0. The van der Waals surface area contributed by atoms with Gasteiger partial charge in [0.25, 0.3) is 0 Å². The average molecular weight is 235 g/mol. The molecule has 0 aliphatic carbocycles. The van der Waals surface area contributed by atoms with Gasteiger partial charge in [0, 0.05) is 0 Å². The van der Waals surface area contributed by atoms with Crippen LogP contribution in [0.1, 0.15) is 13.8 Å². The number of hydrogen-bond acceptors (Lipinski definition) is 5. The molecule has 5 nitrogen and oxygen atoms in total. The van der Waals surface area contributed by atoms with E-state index in [9.17, 15) is 9.59 Å². The third-order valence-electron chi connectivity index (χ3n) is 1.31. The summed E-state index contributed by atoms with van der Waals surface area (Å²) in [5.41, 5.74) is 0. The minimum Gasteiger partial charge on any atom is -0.464 e. The molecule has 0 saturated heterocycles. The van der Waals surface area contributed by atoms with Crippen LogP contribution in [0.25, 0.3) is 0 Å². The number of carbonyl (C=O) groups is 2. The Balaban J connectivity index is 3.42. The van der Waals surface area contributed by atoms with E-state index in [1.807, 2.05) is 13.8 Å². The van der Waals surface area contributed by atoms with E-state index < -0.39 is 5.97 Å². The Morgan fingerprint density at radius 2 is 2.00 bits per heavy atom. The molecule has 1 N–H and O–H groups in total. The van der Waals surface area contributed by atoms with Gasteiger partial charge in [0.1, 0.15) is 13.2 Å². The molecular formula is C9H17NO4S.